The smallest absolute Gasteiger partial charge is 0.134 e. The minimum Gasteiger partial charge on any atom is -0.506 e. The summed E-state index contributed by atoms with van der Waals surface area (Å²) in [6.07, 6.45) is 12.0. The third-order valence-corrected chi connectivity index (χ3v) is 3.23. The van der Waals surface area contributed by atoms with Gasteiger partial charge in [-0.1, -0.05) is 24.8 Å². The van der Waals surface area contributed by atoms with Gasteiger partial charge in [-0.15, -0.1) is 0 Å². The summed E-state index contributed by atoms with van der Waals surface area (Å²) in [4.78, 5) is 4.26. The summed E-state index contributed by atoms with van der Waals surface area (Å²) in [5.74, 6) is 0.0889. The molecule has 0 radical (unpaired) electrons. The van der Waals surface area contributed by atoms with Crippen molar-refractivity contribution in [3.05, 3.63) is 65.8 Å². The van der Waals surface area contributed by atoms with Gasteiger partial charge in [0.05, 0.1) is 0 Å². The molecule has 0 aliphatic heterocycles. The molecule has 0 spiro atoms. The molecule has 0 aromatic carbocycles. The molecule has 1 N–H and O–H groups in total. The van der Waals surface area contributed by atoms with E-state index in [4.69, 9.17) is 0 Å². The molecule has 20 heavy (non-hydrogen) atoms. The average Bonchev–Trinajstić information content (AvgIpc) is 2.42. The van der Waals surface area contributed by atoms with E-state index in [0.29, 0.717) is 12.1 Å². The van der Waals surface area contributed by atoms with E-state index in [2.05, 4.69) is 11.6 Å². The third-order valence-electron chi connectivity index (χ3n) is 3.23. The van der Waals surface area contributed by atoms with Crippen LogP contribution in [-0.2, 0) is 6.42 Å². The van der Waals surface area contributed by atoms with Crippen LogP contribution < -0.4 is 0 Å². The number of aliphatic hydroxyl groups is 1. The second kappa shape index (κ2) is 6.33. The molecular formula is C17H18FNO. The first-order valence-corrected chi connectivity index (χ1v) is 6.64. The van der Waals surface area contributed by atoms with Crippen molar-refractivity contribution in [3.63, 3.8) is 0 Å². The quantitative estimate of drug-likeness (QED) is 0.811. The van der Waals surface area contributed by atoms with Gasteiger partial charge in [-0.05, 0) is 49.5 Å². The first kappa shape index (κ1) is 14.3. The summed E-state index contributed by atoms with van der Waals surface area (Å²) in [6, 6.07) is 1.99. The molecule has 1 unspecified atom stereocenters. The van der Waals surface area contributed by atoms with Crippen LogP contribution >= 0.6 is 0 Å². The summed E-state index contributed by atoms with van der Waals surface area (Å²) >= 11 is 0. The fraction of sp³-hybridized carbons (Fsp3) is 0.235. The largest absolute Gasteiger partial charge is 0.506 e. The van der Waals surface area contributed by atoms with Crippen LogP contribution in [0, 0.1) is 5.92 Å². The molecule has 0 saturated carbocycles. The number of aromatic nitrogens is 1. The van der Waals surface area contributed by atoms with Gasteiger partial charge in [-0.25, -0.2) is 4.39 Å². The van der Waals surface area contributed by atoms with E-state index in [1.165, 1.54) is 6.08 Å². The molecular weight excluding hydrogens is 253 g/mol. The SMILES string of the molecule is C=C(O)c1ncc(CC2C=CC(F)=CC2)cc1/C=C\C. The molecule has 2 nitrogen and oxygen atoms in total. The fourth-order valence-electron chi connectivity index (χ4n) is 2.28. The molecule has 0 bridgehead atoms. The van der Waals surface area contributed by atoms with Crippen LogP contribution in [-0.4, -0.2) is 10.1 Å². The molecule has 3 heteroatoms. The zero-order valence-electron chi connectivity index (χ0n) is 11.5. The van der Waals surface area contributed by atoms with Gasteiger partial charge in [0.25, 0.3) is 0 Å². The lowest BCUT2D eigenvalue weighted by Gasteiger charge is -2.14. The minimum atomic E-state index is -0.166. The molecule has 2 rings (SSSR count). The lowest BCUT2D eigenvalue weighted by atomic mass is 9.93. The summed E-state index contributed by atoms with van der Waals surface area (Å²) in [7, 11) is 0. The van der Waals surface area contributed by atoms with Crippen molar-refractivity contribution in [1.82, 2.24) is 4.98 Å². The first-order chi connectivity index (χ1) is 9.60. The Morgan fingerprint density at radius 2 is 2.40 bits per heavy atom. The Labute approximate surface area is 118 Å². The summed E-state index contributed by atoms with van der Waals surface area (Å²) in [6.45, 7) is 5.43. The van der Waals surface area contributed by atoms with Crippen molar-refractivity contribution in [1.29, 1.82) is 0 Å². The van der Waals surface area contributed by atoms with Gasteiger partial charge in [0.2, 0.25) is 0 Å². The number of allylic oxidation sites excluding steroid dienone is 5. The molecule has 1 aromatic rings. The lowest BCUT2D eigenvalue weighted by Crippen LogP contribution is -2.05. The molecule has 0 saturated heterocycles. The van der Waals surface area contributed by atoms with Crippen LogP contribution in [0.2, 0.25) is 0 Å². The Kier molecular flexibility index (Phi) is 4.51. The number of rotatable bonds is 4. The number of pyridine rings is 1. The van der Waals surface area contributed by atoms with E-state index in [9.17, 15) is 9.50 Å². The Bertz CT molecular complexity index is 599. The van der Waals surface area contributed by atoms with E-state index in [0.717, 1.165) is 17.5 Å². The topological polar surface area (TPSA) is 33.1 Å². The van der Waals surface area contributed by atoms with Crippen molar-refractivity contribution in [2.75, 3.05) is 0 Å². The molecule has 1 atom stereocenters. The van der Waals surface area contributed by atoms with Gasteiger partial charge in [0.1, 0.15) is 17.3 Å². The van der Waals surface area contributed by atoms with Crippen molar-refractivity contribution in [2.24, 2.45) is 5.92 Å². The molecule has 0 amide bonds. The van der Waals surface area contributed by atoms with Crippen LogP contribution in [0.4, 0.5) is 4.39 Å². The summed E-state index contributed by atoms with van der Waals surface area (Å²) < 4.78 is 12.9. The normalized spacial score (nSPS) is 18.3. The molecule has 1 aromatic heterocycles. The van der Waals surface area contributed by atoms with Crippen LogP contribution in [0.5, 0.6) is 0 Å². The molecule has 1 aliphatic rings. The lowest BCUT2D eigenvalue weighted by molar-refractivity contribution is 0.510. The fourth-order valence-corrected chi connectivity index (χ4v) is 2.28. The zero-order chi connectivity index (χ0) is 14.5. The van der Waals surface area contributed by atoms with Crippen molar-refractivity contribution in [2.45, 2.75) is 19.8 Å². The second-order valence-electron chi connectivity index (χ2n) is 4.88. The standard InChI is InChI=1S/C17H18FNO/c1-3-4-15-10-14(11-19-17(15)12(2)20)9-13-5-7-16(18)8-6-13/h3-5,7-8,10-11,13,20H,2,6,9H2,1H3/b4-3-. The Balaban J connectivity index is 2.19. The number of hydrogen-bond acceptors (Lipinski definition) is 2. The minimum absolute atomic E-state index is 0.0350. The molecule has 0 fully saturated rings. The summed E-state index contributed by atoms with van der Waals surface area (Å²) in [5, 5.41) is 9.52. The van der Waals surface area contributed by atoms with Crippen molar-refractivity contribution < 1.29 is 9.50 Å². The average molecular weight is 271 g/mol. The molecule has 1 aliphatic carbocycles. The van der Waals surface area contributed by atoms with Crippen LogP contribution in [0.3, 0.4) is 0 Å². The van der Waals surface area contributed by atoms with Gasteiger partial charge >= 0.3 is 0 Å². The van der Waals surface area contributed by atoms with E-state index in [-0.39, 0.29) is 17.5 Å². The van der Waals surface area contributed by atoms with E-state index in [1.54, 1.807) is 12.3 Å². The Hall–Kier alpha value is -2.16. The van der Waals surface area contributed by atoms with Gasteiger partial charge in [0.15, 0.2) is 0 Å². The monoisotopic (exact) mass is 271 g/mol. The number of hydrogen-bond donors (Lipinski definition) is 1. The van der Waals surface area contributed by atoms with Gasteiger partial charge in [-0.3, -0.25) is 4.98 Å². The Morgan fingerprint density at radius 3 is 3.00 bits per heavy atom. The second-order valence-corrected chi connectivity index (χ2v) is 4.88. The highest BCUT2D eigenvalue weighted by Gasteiger charge is 2.12. The van der Waals surface area contributed by atoms with Gasteiger partial charge < -0.3 is 5.11 Å². The highest BCUT2D eigenvalue weighted by atomic mass is 19.1. The van der Waals surface area contributed by atoms with Gasteiger partial charge in [-0.2, -0.15) is 0 Å². The van der Waals surface area contributed by atoms with Crippen molar-refractivity contribution in [3.8, 4) is 0 Å². The first-order valence-electron chi connectivity index (χ1n) is 6.64. The Morgan fingerprint density at radius 1 is 1.60 bits per heavy atom. The predicted molar refractivity (Wildman–Crippen MR) is 80.7 cm³/mol. The number of halogens is 1. The van der Waals surface area contributed by atoms with Crippen LogP contribution in [0.25, 0.3) is 11.8 Å². The molecule has 104 valence electrons. The van der Waals surface area contributed by atoms with Crippen LogP contribution in [0.1, 0.15) is 30.2 Å². The zero-order valence-corrected chi connectivity index (χ0v) is 11.5. The van der Waals surface area contributed by atoms with Crippen LogP contribution in [0.15, 0.2) is 49.0 Å². The highest BCUT2D eigenvalue weighted by Crippen LogP contribution is 2.23. The third kappa shape index (κ3) is 3.44. The maximum Gasteiger partial charge on any atom is 0.134 e. The van der Waals surface area contributed by atoms with E-state index in [1.807, 2.05) is 31.2 Å². The number of aliphatic hydroxyl groups excluding tert-OH is 1. The van der Waals surface area contributed by atoms with E-state index >= 15 is 0 Å². The maximum atomic E-state index is 12.9. The van der Waals surface area contributed by atoms with Gasteiger partial charge in [0, 0.05) is 11.8 Å². The highest BCUT2D eigenvalue weighted by molar-refractivity contribution is 5.66. The maximum absolute atomic E-state index is 12.9. The van der Waals surface area contributed by atoms with Crippen molar-refractivity contribution >= 4 is 11.8 Å². The molecule has 1 heterocycles. The predicted octanol–water partition coefficient (Wildman–Crippen LogP) is 4.62. The number of nitrogens with zero attached hydrogens (tertiary/aromatic N) is 1. The van der Waals surface area contributed by atoms with E-state index < -0.39 is 0 Å². The summed E-state index contributed by atoms with van der Waals surface area (Å²) in [5.41, 5.74) is 2.41.